The number of hydrogen-bond acceptors (Lipinski definition) is 7. The number of aliphatic hydroxyl groups excluding tert-OH is 2. The Kier molecular flexibility index (Phi) is 10.7. The molecule has 0 fully saturated rings. The Labute approximate surface area is 224 Å². The molecule has 0 saturated heterocycles. The molecule has 3 aromatic rings. The molecular formula is C25H23F3IN3O5. The van der Waals surface area contributed by atoms with E-state index in [0.717, 1.165) is 6.07 Å². The number of nitrogens with zero attached hydrogens (tertiary/aromatic N) is 1. The van der Waals surface area contributed by atoms with Gasteiger partial charge in [0, 0.05) is 15.6 Å². The number of carbonyl (C=O) groups is 1. The van der Waals surface area contributed by atoms with E-state index in [-0.39, 0.29) is 43.2 Å². The molecule has 3 rings (SSSR count). The van der Waals surface area contributed by atoms with E-state index < -0.39 is 41.2 Å². The summed E-state index contributed by atoms with van der Waals surface area (Å²) in [6.45, 7) is -1.22. The minimum absolute atomic E-state index is 0.00320. The van der Waals surface area contributed by atoms with Crippen molar-refractivity contribution in [3.63, 3.8) is 0 Å². The minimum atomic E-state index is -1.47. The van der Waals surface area contributed by atoms with Crippen molar-refractivity contribution in [2.24, 2.45) is 5.16 Å². The summed E-state index contributed by atoms with van der Waals surface area (Å²) in [4.78, 5) is 22.7. The highest BCUT2D eigenvalue weighted by Crippen LogP contribution is 2.31. The van der Waals surface area contributed by atoms with Crippen LogP contribution in [0.2, 0.25) is 0 Å². The molecule has 3 aromatic carbocycles. The SMILES string of the molecule is O=C(NOCCO)c1cc(/C(Cc2ccccc2)=N\OCCO)c(F)c(F)c1Nc1ccc(I)cc1F. The summed E-state index contributed by atoms with van der Waals surface area (Å²) in [5.41, 5.74) is 1.02. The van der Waals surface area contributed by atoms with Gasteiger partial charge in [0.15, 0.2) is 11.6 Å². The topological polar surface area (TPSA) is 112 Å². The monoisotopic (exact) mass is 629 g/mol. The number of halogens is 4. The van der Waals surface area contributed by atoms with Crippen LogP contribution in [0.3, 0.4) is 0 Å². The highest BCUT2D eigenvalue weighted by atomic mass is 127. The zero-order valence-corrected chi connectivity index (χ0v) is 21.5. The molecule has 0 radical (unpaired) electrons. The van der Waals surface area contributed by atoms with Crippen LogP contribution in [0.25, 0.3) is 0 Å². The van der Waals surface area contributed by atoms with Crippen LogP contribution in [0.1, 0.15) is 21.5 Å². The molecule has 0 saturated carbocycles. The van der Waals surface area contributed by atoms with Gasteiger partial charge in [-0.3, -0.25) is 9.63 Å². The molecule has 0 bridgehead atoms. The maximum absolute atomic E-state index is 15.5. The molecule has 37 heavy (non-hydrogen) atoms. The standard InChI is InChI=1S/C25H23F3IN3O5/c26-19-13-16(29)6-7-20(19)30-24-18(25(35)32-37-11-9-34)14-17(22(27)23(24)28)21(31-36-10-8-33)12-15-4-2-1-3-5-15/h1-7,13-14,30,33-34H,8-12H2,(H,32,35)/b31-21-. The summed E-state index contributed by atoms with van der Waals surface area (Å²) in [6.07, 6.45) is 0.00320. The second kappa shape index (κ2) is 13.9. The van der Waals surface area contributed by atoms with Gasteiger partial charge in [-0.05, 0) is 52.4 Å². The maximum atomic E-state index is 15.5. The third kappa shape index (κ3) is 7.64. The van der Waals surface area contributed by atoms with Gasteiger partial charge < -0.3 is 20.4 Å². The highest BCUT2D eigenvalue weighted by molar-refractivity contribution is 14.1. The first-order valence-corrected chi connectivity index (χ1v) is 12.0. The summed E-state index contributed by atoms with van der Waals surface area (Å²) < 4.78 is 46.0. The predicted molar refractivity (Wildman–Crippen MR) is 139 cm³/mol. The summed E-state index contributed by atoms with van der Waals surface area (Å²) >= 11 is 1.89. The number of amides is 1. The average Bonchev–Trinajstić information content (AvgIpc) is 2.88. The molecule has 0 aliphatic heterocycles. The Morgan fingerprint density at radius 1 is 0.946 bits per heavy atom. The van der Waals surface area contributed by atoms with Gasteiger partial charge in [-0.1, -0.05) is 35.5 Å². The minimum Gasteiger partial charge on any atom is -0.394 e. The van der Waals surface area contributed by atoms with Crippen LogP contribution < -0.4 is 10.8 Å². The van der Waals surface area contributed by atoms with E-state index in [1.807, 2.05) is 28.1 Å². The number of oxime groups is 1. The lowest BCUT2D eigenvalue weighted by Crippen LogP contribution is -2.27. The van der Waals surface area contributed by atoms with Crippen LogP contribution in [0, 0.1) is 21.0 Å². The summed E-state index contributed by atoms with van der Waals surface area (Å²) in [5, 5.41) is 24.2. The Bertz CT molecular complexity index is 1260. The van der Waals surface area contributed by atoms with E-state index in [1.54, 1.807) is 36.4 Å². The molecule has 4 N–H and O–H groups in total. The number of benzene rings is 3. The molecule has 0 spiro atoms. The average molecular weight is 629 g/mol. The van der Waals surface area contributed by atoms with Crippen LogP contribution in [0.4, 0.5) is 24.5 Å². The first-order chi connectivity index (χ1) is 17.8. The van der Waals surface area contributed by atoms with Gasteiger partial charge in [0.1, 0.15) is 12.4 Å². The van der Waals surface area contributed by atoms with Gasteiger partial charge in [0.2, 0.25) is 0 Å². The maximum Gasteiger partial charge on any atom is 0.277 e. The number of carbonyl (C=O) groups excluding carboxylic acids is 1. The Balaban J connectivity index is 2.13. The third-order valence-corrected chi connectivity index (χ3v) is 5.55. The molecule has 1 amide bonds. The van der Waals surface area contributed by atoms with E-state index in [4.69, 9.17) is 19.9 Å². The van der Waals surface area contributed by atoms with Crippen LogP contribution in [0.15, 0.2) is 59.8 Å². The fourth-order valence-electron chi connectivity index (χ4n) is 3.21. The summed E-state index contributed by atoms with van der Waals surface area (Å²) in [6, 6.07) is 13.8. The van der Waals surface area contributed by atoms with E-state index in [2.05, 4.69) is 10.5 Å². The van der Waals surface area contributed by atoms with Gasteiger partial charge in [-0.25, -0.2) is 18.7 Å². The lowest BCUT2D eigenvalue weighted by atomic mass is 9.98. The smallest absolute Gasteiger partial charge is 0.277 e. The number of nitrogens with one attached hydrogen (secondary N) is 2. The van der Waals surface area contributed by atoms with E-state index in [9.17, 15) is 9.18 Å². The van der Waals surface area contributed by atoms with Gasteiger partial charge in [-0.2, -0.15) is 0 Å². The number of rotatable bonds is 12. The van der Waals surface area contributed by atoms with Crippen molar-refractivity contribution in [1.29, 1.82) is 0 Å². The van der Waals surface area contributed by atoms with E-state index >= 15 is 8.78 Å². The van der Waals surface area contributed by atoms with E-state index in [0.29, 0.717) is 9.13 Å². The molecular weight excluding hydrogens is 606 g/mol. The van der Waals surface area contributed by atoms with Gasteiger partial charge in [-0.15, -0.1) is 0 Å². The highest BCUT2D eigenvalue weighted by Gasteiger charge is 2.26. The van der Waals surface area contributed by atoms with Crippen molar-refractivity contribution in [2.45, 2.75) is 6.42 Å². The molecule has 8 nitrogen and oxygen atoms in total. The molecule has 0 aromatic heterocycles. The number of anilines is 2. The summed E-state index contributed by atoms with van der Waals surface area (Å²) in [5.74, 6) is -4.56. The van der Waals surface area contributed by atoms with Crippen molar-refractivity contribution in [3.8, 4) is 0 Å². The van der Waals surface area contributed by atoms with Crippen molar-refractivity contribution in [2.75, 3.05) is 31.7 Å². The number of hydrogen-bond donors (Lipinski definition) is 4. The number of hydroxylamine groups is 1. The molecule has 0 aliphatic rings. The van der Waals surface area contributed by atoms with Crippen LogP contribution in [0.5, 0.6) is 0 Å². The Morgan fingerprint density at radius 2 is 1.68 bits per heavy atom. The Morgan fingerprint density at radius 3 is 2.35 bits per heavy atom. The van der Waals surface area contributed by atoms with Gasteiger partial charge in [0.25, 0.3) is 5.91 Å². The lowest BCUT2D eigenvalue weighted by molar-refractivity contribution is 0.0168. The predicted octanol–water partition coefficient (Wildman–Crippen LogP) is 4.06. The fourth-order valence-corrected chi connectivity index (χ4v) is 3.66. The second-order valence-corrected chi connectivity index (χ2v) is 8.73. The molecule has 12 heteroatoms. The molecule has 196 valence electrons. The van der Waals surface area contributed by atoms with Gasteiger partial charge in [0.05, 0.1) is 42.5 Å². The normalized spacial score (nSPS) is 11.4. The Hall–Kier alpha value is -3.20. The third-order valence-electron chi connectivity index (χ3n) is 4.88. The summed E-state index contributed by atoms with van der Waals surface area (Å²) in [7, 11) is 0. The van der Waals surface area contributed by atoms with E-state index in [1.165, 1.54) is 12.1 Å². The van der Waals surface area contributed by atoms with Crippen molar-refractivity contribution >= 4 is 45.6 Å². The first-order valence-electron chi connectivity index (χ1n) is 11.0. The largest absolute Gasteiger partial charge is 0.394 e. The van der Waals surface area contributed by atoms with Crippen molar-refractivity contribution in [1.82, 2.24) is 5.48 Å². The van der Waals surface area contributed by atoms with Crippen molar-refractivity contribution < 1.29 is 37.9 Å². The second-order valence-electron chi connectivity index (χ2n) is 7.48. The fraction of sp³-hybridized carbons (Fsp3) is 0.200. The van der Waals surface area contributed by atoms with Crippen LogP contribution in [-0.2, 0) is 16.1 Å². The molecule has 0 unspecified atom stereocenters. The zero-order valence-electron chi connectivity index (χ0n) is 19.3. The van der Waals surface area contributed by atoms with Crippen LogP contribution >= 0.6 is 22.6 Å². The molecule has 0 aliphatic carbocycles. The number of aliphatic hydroxyl groups is 2. The first kappa shape index (κ1) is 28.4. The van der Waals surface area contributed by atoms with Gasteiger partial charge >= 0.3 is 0 Å². The lowest BCUT2D eigenvalue weighted by Gasteiger charge is -2.17. The zero-order chi connectivity index (χ0) is 26.8. The van der Waals surface area contributed by atoms with Crippen LogP contribution in [-0.4, -0.2) is 48.3 Å². The quantitative estimate of drug-likeness (QED) is 0.104. The molecule has 0 atom stereocenters. The molecule has 0 heterocycles. The van der Waals surface area contributed by atoms with Crippen molar-refractivity contribution in [3.05, 3.63) is 92.3 Å².